The van der Waals surface area contributed by atoms with Gasteiger partial charge in [0.15, 0.2) is 0 Å². The second-order valence-corrected chi connectivity index (χ2v) is 4.54. The van der Waals surface area contributed by atoms with E-state index in [-0.39, 0.29) is 6.61 Å². The zero-order valence-electron chi connectivity index (χ0n) is 10.9. The molecule has 2 N–H and O–H groups in total. The van der Waals surface area contributed by atoms with Gasteiger partial charge in [0.25, 0.3) is 0 Å². The van der Waals surface area contributed by atoms with Crippen LogP contribution in [0.3, 0.4) is 0 Å². The Morgan fingerprint density at radius 3 is 2.61 bits per heavy atom. The lowest BCUT2D eigenvalue weighted by atomic mass is 10.1. The molecule has 0 saturated heterocycles. The molecule has 0 aliphatic rings. The van der Waals surface area contributed by atoms with Gasteiger partial charge in [-0.3, -0.25) is 0 Å². The highest BCUT2D eigenvalue weighted by molar-refractivity contribution is 5.28. The summed E-state index contributed by atoms with van der Waals surface area (Å²) in [4.78, 5) is 0. The Balaban J connectivity index is 2.45. The maximum Gasteiger partial charge on any atom is 0.119 e. The van der Waals surface area contributed by atoms with Crippen molar-refractivity contribution in [3.63, 3.8) is 0 Å². The third kappa shape index (κ3) is 5.17. The summed E-state index contributed by atoms with van der Waals surface area (Å²) in [6.45, 7) is 5.27. The predicted octanol–water partition coefficient (Wildman–Crippen LogP) is 1.49. The van der Waals surface area contributed by atoms with Crippen LogP contribution in [0, 0.1) is 11.3 Å². The van der Waals surface area contributed by atoms with Crippen LogP contribution in [0.15, 0.2) is 24.3 Å². The highest BCUT2D eigenvalue weighted by Gasteiger charge is 2.20. The van der Waals surface area contributed by atoms with E-state index in [1.165, 1.54) is 0 Å². The van der Waals surface area contributed by atoms with Gasteiger partial charge in [0.1, 0.15) is 18.0 Å². The number of nitriles is 1. The van der Waals surface area contributed by atoms with Crippen molar-refractivity contribution in [2.24, 2.45) is 0 Å². The van der Waals surface area contributed by atoms with E-state index in [4.69, 9.17) is 10.00 Å². The number of rotatable bonds is 7. The van der Waals surface area contributed by atoms with Crippen LogP contribution in [0.1, 0.15) is 19.4 Å². The standard InChI is InChI=1S/C14H20N2O2/c1-3-16-10-14(2,17)11-18-13-6-4-12(5-7-13)8-9-15/h4-7,16-17H,3,8,10-11H2,1-2H3. The zero-order valence-corrected chi connectivity index (χ0v) is 10.9. The van der Waals surface area contributed by atoms with Crippen LogP contribution in [-0.4, -0.2) is 30.4 Å². The van der Waals surface area contributed by atoms with Crippen molar-refractivity contribution in [1.82, 2.24) is 5.32 Å². The Hall–Kier alpha value is -1.57. The molecule has 4 nitrogen and oxygen atoms in total. The average molecular weight is 248 g/mol. The van der Waals surface area contributed by atoms with Crippen molar-refractivity contribution in [2.45, 2.75) is 25.9 Å². The highest BCUT2D eigenvalue weighted by atomic mass is 16.5. The number of likely N-dealkylation sites (N-methyl/N-ethyl adjacent to an activating group) is 1. The first-order valence-electron chi connectivity index (χ1n) is 6.09. The molecule has 1 unspecified atom stereocenters. The third-order valence-electron chi connectivity index (χ3n) is 2.51. The molecule has 0 saturated carbocycles. The lowest BCUT2D eigenvalue weighted by Crippen LogP contribution is -2.42. The highest BCUT2D eigenvalue weighted by Crippen LogP contribution is 2.14. The Morgan fingerprint density at radius 1 is 1.39 bits per heavy atom. The Bertz CT molecular complexity index is 393. The fourth-order valence-electron chi connectivity index (χ4n) is 1.48. The van der Waals surface area contributed by atoms with Gasteiger partial charge in [-0.2, -0.15) is 5.26 Å². The van der Waals surface area contributed by atoms with Crippen molar-refractivity contribution in [3.8, 4) is 11.8 Å². The first kappa shape index (κ1) is 14.5. The lowest BCUT2D eigenvalue weighted by Gasteiger charge is -2.23. The van der Waals surface area contributed by atoms with Gasteiger partial charge in [-0.05, 0) is 31.2 Å². The smallest absolute Gasteiger partial charge is 0.119 e. The fraction of sp³-hybridized carbons (Fsp3) is 0.500. The Kier molecular flexibility index (Phi) is 5.63. The summed E-state index contributed by atoms with van der Waals surface area (Å²) in [7, 11) is 0. The molecule has 0 aliphatic carbocycles. The minimum absolute atomic E-state index is 0.234. The van der Waals surface area contributed by atoms with Crippen molar-refractivity contribution in [2.75, 3.05) is 19.7 Å². The van der Waals surface area contributed by atoms with Gasteiger partial charge in [-0.15, -0.1) is 0 Å². The van der Waals surface area contributed by atoms with Gasteiger partial charge in [-0.1, -0.05) is 19.1 Å². The van der Waals surface area contributed by atoms with E-state index in [1.54, 1.807) is 6.92 Å². The molecule has 0 spiro atoms. The van der Waals surface area contributed by atoms with Gasteiger partial charge >= 0.3 is 0 Å². The van der Waals surface area contributed by atoms with E-state index in [0.717, 1.165) is 12.1 Å². The number of hydrogen-bond acceptors (Lipinski definition) is 4. The summed E-state index contributed by atoms with van der Waals surface area (Å²) in [6.07, 6.45) is 0.401. The minimum Gasteiger partial charge on any atom is -0.491 e. The normalized spacial score (nSPS) is 13.7. The molecule has 98 valence electrons. The molecule has 1 atom stereocenters. The molecule has 1 aromatic rings. The van der Waals surface area contributed by atoms with Crippen molar-refractivity contribution >= 4 is 0 Å². The summed E-state index contributed by atoms with van der Waals surface area (Å²) < 4.78 is 5.53. The number of ether oxygens (including phenoxy) is 1. The molecule has 0 bridgehead atoms. The number of benzene rings is 1. The van der Waals surface area contributed by atoms with Crippen molar-refractivity contribution < 1.29 is 9.84 Å². The summed E-state index contributed by atoms with van der Waals surface area (Å²) >= 11 is 0. The van der Waals surface area contributed by atoms with Crippen LogP contribution in [0.4, 0.5) is 0 Å². The molecule has 18 heavy (non-hydrogen) atoms. The van der Waals surface area contributed by atoms with E-state index in [2.05, 4.69) is 11.4 Å². The van der Waals surface area contributed by atoms with Gasteiger partial charge in [0.05, 0.1) is 12.5 Å². The predicted molar refractivity (Wildman–Crippen MR) is 70.4 cm³/mol. The summed E-state index contributed by atoms with van der Waals surface area (Å²) in [5.41, 5.74) is 0.0747. The van der Waals surface area contributed by atoms with Crippen LogP contribution >= 0.6 is 0 Å². The zero-order chi connectivity index (χ0) is 13.4. The minimum atomic E-state index is -0.888. The molecular formula is C14H20N2O2. The van der Waals surface area contributed by atoms with E-state index >= 15 is 0 Å². The van der Waals surface area contributed by atoms with E-state index in [1.807, 2.05) is 31.2 Å². The quantitative estimate of drug-likeness (QED) is 0.767. The molecule has 0 aromatic heterocycles. The molecule has 0 amide bonds. The number of hydrogen-bond donors (Lipinski definition) is 2. The average Bonchev–Trinajstić information content (AvgIpc) is 2.36. The molecule has 0 fully saturated rings. The van der Waals surface area contributed by atoms with Gasteiger partial charge < -0.3 is 15.2 Å². The first-order chi connectivity index (χ1) is 8.57. The van der Waals surface area contributed by atoms with E-state index < -0.39 is 5.60 Å². The van der Waals surface area contributed by atoms with E-state index in [9.17, 15) is 5.11 Å². The molecule has 1 rings (SSSR count). The van der Waals surface area contributed by atoms with Gasteiger partial charge in [0, 0.05) is 6.54 Å². The number of nitrogens with zero attached hydrogens (tertiary/aromatic N) is 1. The van der Waals surface area contributed by atoms with E-state index in [0.29, 0.717) is 18.7 Å². The van der Waals surface area contributed by atoms with Crippen LogP contribution in [0.2, 0.25) is 0 Å². The second-order valence-electron chi connectivity index (χ2n) is 4.54. The largest absolute Gasteiger partial charge is 0.491 e. The van der Waals surface area contributed by atoms with Crippen LogP contribution < -0.4 is 10.1 Å². The molecular weight excluding hydrogens is 228 g/mol. The SMILES string of the molecule is CCNCC(C)(O)COc1ccc(CC#N)cc1. The maximum absolute atomic E-state index is 10.0. The first-order valence-corrected chi connectivity index (χ1v) is 6.09. The summed E-state index contributed by atoms with van der Waals surface area (Å²) in [5.74, 6) is 0.702. The number of aliphatic hydroxyl groups is 1. The van der Waals surface area contributed by atoms with Gasteiger partial charge in [0.2, 0.25) is 0 Å². The van der Waals surface area contributed by atoms with Crippen LogP contribution in [-0.2, 0) is 6.42 Å². The lowest BCUT2D eigenvalue weighted by molar-refractivity contribution is 0.0127. The molecule has 4 heteroatoms. The van der Waals surface area contributed by atoms with Gasteiger partial charge in [-0.25, -0.2) is 0 Å². The van der Waals surface area contributed by atoms with Crippen LogP contribution in [0.5, 0.6) is 5.75 Å². The molecule has 1 aromatic carbocycles. The maximum atomic E-state index is 10.0. The topological polar surface area (TPSA) is 65.3 Å². The Morgan fingerprint density at radius 2 is 2.06 bits per heavy atom. The third-order valence-corrected chi connectivity index (χ3v) is 2.51. The van der Waals surface area contributed by atoms with Crippen LogP contribution in [0.25, 0.3) is 0 Å². The Labute approximate surface area is 108 Å². The fourth-order valence-corrected chi connectivity index (χ4v) is 1.48. The summed E-state index contributed by atoms with van der Waals surface area (Å²) in [6, 6.07) is 9.44. The van der Waals surface area contributed by atoms with Crippen molar-refractivity contribution in [3.05, 3.63) is 29.8 Å². The van der Waals surface area contributed by atoms with Crippen molar-refractivity contribution in [1.29, 1.82) is 5.26 Å². The molecule has 0 aliphatic heterocycles. The molecule has 0 heterocycles. The monoisotopic (exact) mass is 248 g/mol. The number of nitrogens with one attached hydrogen (secondary N) is 1. The molecule has 0 radical (unpaired) electrons. The summed E-state index contributed by atoms with van der Waals surface area (Å²) in [5, 5.41) is 21.7. The second kappa shape index (κ2) is 7.00.